The number of anilines is 1. The van der Waals surface area contributed by atoms with Gasteiger partial charge in [0.15, 0.2) is 16.5 Å². The molecule has 1 aromatic heterocycles. The zero-order valence-electron chi connectivity index (χ0n) is 11.0. The van der Waals surface area contributed by atoms with E-state index < -0.39 is 0 Å². The van der Waals surface area contributed by atoms with Crippen molar-refractivity contribution in [3.05, 3.63) is 59.1 Å². The number of nitrogens with one attached hydrogen (secondary N) is 2. The third kappa shape index (κ3) is 3.32. The molecule has 0 aliphatic carbocycles. The Kier molecular flexibility index (Phi) is 4.03. The lowest BCUT2D eigenvalue weighted by molar-refractivity contribution is 0.460. The summed E-state index contributed by atoms with van der Waals surface area (Å²) in [7, 11) is 0. The number of para-hydroxylation sites is 1. The number of aromatic nitrogens is 1. The quantitative estimate of drug-likeness (QED) is 0.716. The Bertz CT molecular complexity index is 770. The highest BCUT2D eigenvalue weighted by Gasteiger charge is 2.08. The minimum atomic E-state index is 0.490. The van der Waals surface area contributed by atoms with Crippen LogP contribution >= 0.6 is 23.8 Å². The van der Waals surface area contributed by atoms with Gasteiger partial charge in [-0.2, -0.15) is 0 Å². The molecule has 0 bridgehead atoms. The number of benzene rings is 2. The molecule has 0 saturated heterocycles. The second-order valence-electron chi connectivity index (χ2n) is 4.46. The second kappa shape index (κ2) is 6.11. The van der Waals surface area contributed by atoms with E-state index in [1.807, 2.05) is 48.5 Å². The fraction of sp³-hybridized carbons (Fsp3) is 0.0667. The highest BCUT2D eigenvalue weighted by Crippen LogP contribution is 2.21. The molecular weight excluding hydrogens is 306 g/mol. The van der Waals surface area contributed by atoms with Crippen LogP contribution in [0.15, 0.2) is 53.1 Å². The van der Waals surface area contributed by atoms with Crippen LogP contribution < -0.4 is 10.6 Å². The molecule has 0 radical (unpaired) electrons. The average Bonchev–Trinajstić information content (AvgIpc) is 2.90. The summed E-state index contributed by atoms with van der Waals surface area (Å²) in [5, 5.41) is 12.2. The van der Waals surface area contributed by atoms with Crippen molar-refractivity contribution >= 4 is 45.7 Å². The van der Waals surface area contributed by atoms with Gasteiger partial charge in [-0.05, 0) is 42.0 Å². The molecule has 106 valence electrons. The van der Waals surface area contributed by atoms with E-state index in [0.29, 0.717) is 22.5 Å². The van der Waals surface area contributed by atoms with E-state index in [1.165, 1.54) is 0 Å². The van der Waals surface area contributed by atoms with Gasteiger partial charge in [0.05, 0.1) is 5.39 Å². The molecule has 3 aromatic rings. The summed E-state index contributed by atoms with van der Waals surface area (Å²) >= 11 is 11.1. The summed E-state index contributed by atoms with van der Waals surface area (Å²) in [6.07, 6.45) is 0. The largest absolute Gasteiger partial charge is 0.358 e. The smallest absolute Gasteiger partial charge is 0.183 e. The minimum absolute atomic E-state index is 0.490. The zero-order chi connectivity index (χ0) is 14.7. The molecule has 0 fully saturated rings. The molecular formula is C15H12ClN3OS. The lowest BCUT2D eigenvalue weighted by Crippen LogP contribution is -2.28. The standard InChI is InChI=1S/C15H12ClN3OS/c16-11-7-5-10(6-8-11)9-17-15(21)18-14-12-3-1-2-4-13(12)20-19-14/h1-8H,9H2,(H2,17,18,19,21). The minimum Gasteiger partial charge on any atom is -0.358 e. The van der Waals surface area contributed by atoms with Crippen molar-refractivity contribution in [1.82, 2.24) is 10.5 Å². The Morgan fingerprint density at radius 2 is 1.90 bits per heavy atom. The number of rotatable bonds is 3. The van der Waals surface area contributed by atoms with Gasteiger partial charge in [-0.15, -0.1) is 0 Å². The first kappa shape index (κ1) is 13.9. The van der Waals surface area contributed by atoms with Crippen LogP contribution in [0.3, 0.4) is 0 Å². The van der Waals surface area contributed by atoms with Gasteiger partial charge in [0.1, 0.15) is 0 Å². The average molecular weight is 318 g/mol. The molecule has 0 atom stereocenters. The first-order valence-corrected chi connectivity index (χ1v) is 7.15. The molecule has 21 heavy (non-hydrogen) atoms. The van der Waals surface area contributed by atoms with Gasteiger partial charge >= 0.3 is 0 Å². The Labute approximate surface area is 132 Å². The number of hydrogen-bond donors (Lipinski definition) is 2. The van der Waals surface area contributed by atoms with Crippen LogP contribution in [0.25, 0.3) is 11.0 Å². The number of hydrogen-bond acceptors (Lipinski definition) is 3. The normalized spacial score (nSPS) is 10.5. The van der Waals surface area contributed by atoms with E-state index in [1.54, 1.807) is 0 Å². The van der Waals surface area contributed by atoms with E-state index in [9.17, 15) is 0 Å². The van der Waals surface area contributed by atoms with Gasteiger partial charge in [-0.1, -0.05) is 41.0 Å². The highest BCUT2D eigenvalue weighted by atomic mass is 35.5. The Morgan fingerprint density at radius 1 is 1.14 bits per heavy atom. The van der Waals surface area contributed by atoms with Crippen molar-refractivity contribution in [1.29, 1.82) is 0 Å². The summed E-state index contributed by atoms with van der Waals surface area (Å²) in [6, 6.07) is 15.2. The monoisotopic (exact) mass is 317 g/mol. The van der Waals surface area contributed by atoms with Crippen LogP contribution in [-0.4, -0.2) is 10.3 Å². The predicted octanol–water partition coefficient (Wildman–Crippen LogP) is 3.97. The Balaban J connectivity index is 1.62. The van der Waals surface area contributed by atoms with Crippen LogP contribution in [0.1, 0.15) is 5.56 Å². The van der Waals surface area contributed by atoms with E-state index in [4.69, 9.17) is 28.3 Å². The van der Waals surface area contributed by atoms with Gasteiger partial charge in [0.25, 0.3) is 0 Å². The third-order valence-electron chi connectivity index (χ3n) is 2.98. The molecule has 0 aliphatic heterocycles. The third-order valence-corrected chi connectivity index (χ3v) is 3.47. The molecule has 0 unspecified atom stereocenters. The molecule has 2 N–H and O–H groups in total. The fourth-order valence-electron chi connectivity index (χ4n) is 1.91. The van der Waals surface area contributed by atoms with Gasteiger partial charge in [0, 0.05) is 11.6 Å². The Hall–Kier alpha value is -2.11. The van der Waals surface area contributed by atoms with E-state index >= 15 is 0 Å². The predicted molar refractivity (Wildman–Crippen MR) is 88.5 cm³/mol. The van der Waals surface area contributed by atoms with Crippen LogP contribution in [0.2, 0.25) is 5.02 Å². The van der Waals surface area contributed by atoms with Crippen LogP contribution in [0.4, 0.5) is 5.82 Å². The van der Waals surface area contributed by atoms with Gasteiger partial charge in [-0.3, -0.25) is 0 Å². The summed E-state index contributed by atoms with van der Waals surface area (Å²) in [6.45, 7) is 0.610. The first-order valence-electron chi connectivity index (χ1n) is 6.36. The van der Waals surface area contributed by atoms with Crippen molar-refractivity contribution in [2.75, 3.05) is 5.32 Å². The van der Waals surface area contributed by atoms with E-state index in [2.05, 4.69) is 15.8 Å². The first-order chi connectivity index (χ1) is 10.2. The molecule has 4 nitrogen and oxygen atoms in total. The fourth-order valence-corrected chi connectivity index (χ4v) is 2.21. The van der Waals surface area contributed by atoms with Crippen molar-refractivity contribution < 1.29 is 4.52 Å². The van der Waals surface area contributed by atoms with Gasteiger partial charge in [-0.25, -0.2) is 0 Å². The number of nitrogens with zero attached hydrogens (tertiary/aromatic N) is 1. The maximum Gasteiger partial charge on any atom is 0.183 e. The zero-order valence-corrected chi connectivity index (χ0v) is 12.5. The molecule has 0 saturated carbocycles. The summed E-state index contributed by atoms with van der Waals surface area (Å²) in [5.41, 5.74) is 1.81. The van der Waals surface area contributed by atoms with Crippen LogP contribution in [0, 0.1) is 0 Å². The molecule has 1 heterocycles. The number of fused-ring (bicyclic) bond motifs is 1. The number of halogens is 1. The lowest BCUT2D eigenvalue weighted by atomic mass is 10.2. The van der Waals surface area contributed by atoms with Crippen molar-refractivity contribution in [2.24, 2.45) is 0 Å². The summed E-state index contributed by atoms with van der Waals surface area (Å²) in [5.74, 6) is 0.610. The molecule has 0 amide bonds. The van der Waals surface area contributed by atoms with Gasteiger partial charge < -0.3 is 15.2 Å². The highest BCUT2D eigenvalue weighted by molar-refractivity contribution is 7.80. The maximum absolute atomic E-state index is 5.85. The van der Waals surface area contributed by atoms with Gasteiger partial charge in [0.2, 0.25) is 0 Å². The SMILES string of the molecule is S=C(NCc1ccc(Cl)cc1)Nc1noc2ccccc12. The maximum atomic E-state index is 5.85. The second-order valence-corrected chi connectivity index (χ2v) is 5.31. The molecule has 2 aromatic carbocycles. The van der Waals surface area contributed by atoms with Crippen molar-refractivity contribution in [3.63, 3.8) is 0 Å². The van der Waals surface area contributed by atoms with Crippen LogP contribution in [0.5, 0.6) is 0 Å². The molecule has 0 aliphatic rings. The van der Waals surface area contributed by atoms with E-state index in [0.717, 1.165) is 16.5 Å². The van der Waals surface area contributed by atoms with Crippen molar-refractivity contribution in [2.45, 2.75) is 6.54 Å². The molecule has 0 spiro atoms. The molecule has 6 heteroatoms. The molecule has 3 rings (SSSR count). The van der Waals surface area contributed by atoms with Crippen LogP contribution in [-0.2, 0) is 6.54 Å². The lowest BCUT2D eigenvalue weighted by Gasteiger charge is -2.08. The van der Waals surface area contributed by atoms with Crippen molar-refractivity contribution in [3.8, 4) is 0 Å². The summed E-state index contributed by atoms with van der Waals surface area (Å²) in [4.78, 5) is 0. The Morgan fingerprint density at radius 3 is 2.71 bits per heavy atom. The number of thiocarbonyl (C=S) groups is 1. The summed E-state index contributed by atoms with van der Waals surface area (Å²) < 4.78 is 5.21. The topological polar surface area (TPSA) is 50.1 Å². The van der Waals surface area contributed by atoms with E-state index in [-0.39, 0.29) is 0 Å².